The number of carbonyl (C=O) groups is 1. The first-order valence-electron chi connectivity index (χ1n) is 13.6. The minimum Gasteiger partial charge on any atom is -0.490 e. The smallest absolute Gasteiger partial charge is 0.209 e. The second-order valence-electron chi connectivity index (χ2n) is 10.9. The molecule has 4 aliphatic rings. The molecule has 1 amide bonds. The molecular weight excluding hydrogens is 506 g/mol. The van der Waals surface area contributed by atoms with Gasteiger partial charge in [0.15, 0.2) is 0 Å². The van der Waals surface area contributed by atoms with Crippen molar-refractivity contribution in [3.63, 3.8) is 0 Å². The van der Waals surface area contributed by atoms with Crippen LogP contribution in [0.15, 0.2) is 41.3 Å². The topological polar surface area (TPSA) is 61.9 Å². The zero-order valence-corrected chi connectivity index (χ0v) is 23.3. The molecule has 2 atom stereocenters. The van der Waals surface area contributed by atoms with Crippen LogP contribution in [0.2, 0.25) is 5.02 Å². The number of amides is 1. The number of fused-ring (bicyclic) bond motifs is 3. The highest BCUT2D eigenvalue weighted by Crippen LogP contribution is 2.45. The number of likely N-dealkylation sites (tertiary alicyclic amines) is 1. The number of aryl methyl sites for hydroxylation is 1. The molecule has 6 rings (SSSR count). The number of ether oxygens (including phenoxy) is 1. The minimum atomic E-state index is -1.21. The van der Waals surface area contributed by atoms with Crippen LogP contribution in [0.1, 0.15) is 56.1 Å². The predicted molar refractivity (Wildman–Crippen MR) is 150 cm³/mol. The van der Waals surface area contributed by atoms with E-state index in [9.17, 15) is 9.00 Å². The van der Waals surface area contributed by atoms with Crippen molar-refractivity contribution in [1.82, 2.24) is 9.62 Å². The van der Waals surface area contributed by atoms with E-state index in [0.29, 0.717) is 6.61 Å². The fraction of sp³-hybridized carbons (Fsp3) is 0.552. The molecule has 2 aliphatic heterocycles. The van der Waals surface area contributed by atoms with E-state index in [4.69, 9.17) is 16.3 Å². The van der Waals surface area contributed by atoms with Crippen molar-refractivity contribution in [1.29, 1.82) is 0 Å². The van der Waals surface area contributed by atoms with Crippen molar-refractivity contribution < 1.29 is 13.7 Å². The van der Waals surface area contributed by atoms with Crippen LogP contribution in [0.5, 0.6) is 5.75 Å². The van der Waals surface area contributed by atoms with Crippen LogP contribution >= 0.6 is 11.6 Å². The summed E-state index contributed by atoms with van der Waals surface area (Å²) in [6, 6.07) is 12.4. The van der Waals surface area contributed by atoms with Gasteiger partial charge in [-0.3, -0.25) is 4.79 Å². The molecule has 1 N–H and O–H groups in total. The quantitative estimate of drug-likeness (QED) is 0.533. The van der Waals surface area contributed by atoms with Gasteiger partial charge in [0.2, 0.25) is 6.41 Å². The van der Waals surface area contributed by atoms with Crippen LogP contribution in [0.25, 0.3) is 0 Å². The maximum atomic E-state index is 12.4. The summed E-state index contributed by atoms with van der Waals surface area (Å²) in [7, 11) is 0.517. The number of carbonyl (C=O) groups excluding carboxylic acids is 1. The van der Waals surface area contributed by atoms with Crippen molar-refractivity contribution in [2.75, 3.05) is 44.7 Å². The Bertz CT molecular complexity index is 1140. The molecule has 0 radical (unpaired) electrons. The van der Waals surface area contributed by atoms with Gasteiger partial charge in [0.25, 0.3) is 0 Å². The van der Waals surface area contributed by atoms with Crippen molar-refractivity contribution in [2.45, 2.75) is 61.7 Å². The molecule has 200 valence electrons. The summed E-state index contributed by atoms with van der Waals surface area (Å²) in [6.07, 6.45) is 10.6. The largest absolute Gasteiger partial charge is 0.490 e. The van der Waals surface area contributed by atoms with E-state index in [0.717, 1.165) is 79.1 Å². The minimum absolute atomic E-state index is 0.0384. The Morgan fingerprint density at radius 3 is 2.62 bits per heavy atom. The lowest BCUT2D eigenvalue weighted by Crippen LogP contribution is -2.47. The number of hydrogen-bond acceptors (Lipinski definition) is 4. The zero-order chi connectivity index (χ0) is 25.8. The first-order valence-corrected chi connectivity index (χ1v) is 15.1. The first kappa shape index (κ1) is 26.5. The van der Waals surface area contributed by atoms with Crippen LogP contribution < -0.4 is 14.4 Å². The Balaban J connectivity index is 0.000000348. The predicted octanol–water partition coefficient (Wildman–Crippen LogP) is 5.09. The molecule has 2 heterocycles. The van der Waals surface area contributed by atoms with Crippen LogP contribution in [0.4, 0.5) is 5.69 Å². The Morgan fingerprint density at radius 2 is 1.95 bits per heavy atom. The highest BCUT2D eigenvalue weighted by atomic mass is 35.5. The molecule has 1 saturated carbocycles. The number of anilines is 1. The van der Waals surface area contributed by atoms with Gasteiger partial charge in [0.05, 0.1) is 17.2 Å². The van der Waals surface area contributed by atoms with Crippen molar-refractivity contribution in [3.8, 4) is 5.75 Å². The molecule has 8 heteroatoms. The second kappa shape index (κ2) is 11.7. The number of nitrogens with zero attached hydrogens (tertiary/aromatic N) is 2. The zero-order valence-electron chi connectivity index (χ0n) is 21.7. The van der Waals surface area contributed by atoms with E-state index in [1.807, 2.05) is 18.2 Å². The molecule has 0 bridgehead atoms. The SMILES string of the molecule is CNS(=O)c1ccc2c(c1)N(CC1CCC1)CC1(CCCc3cc(Cl)ccc31)CO2.O=CN1CCCC1. The highest BCUT2D eigenvalue weighted by molar-refractivity contribution is 7.83. The summed E-state index contributed by atoms with van der Waals surface area (Å²) in [5.74, 6) is 1.64. The van der Waals surface area contributed by atoms with Crippen molar-refractivity contribution in [2.24, 2.45) is 5.92 Å². The van der Waals surface area contributed by atoms with E-state index in [2.05, 4.69) is 27.8 Å². The average Bonchev–Trinajstić information content (AvgIpc) is 3.38. The molecule has 2 aliphatic carbocycles. The second-order valence-corrected chi connectivity index (χ2v) is 12.7. The summed E-state index contributed by atoms with van der Waals surface area (Å²) >= 11 is 6.32. The Hall–Kier alpha value is -2.09. The normalized spacial score (nSPS) is 23.6. The van der Waals surface area contributed by atoms with Crippen LogP contribution in [-0.2, 0) is 27.6 Å². The number of nitrogens with one attached hydrogen (secondary N) is 1. The molecule has 2 unspecified atom stereocenters. The summed E-state index contributed by atoms with van der Waals surface area (Å²) in [4.78, 5) is 15.1. The van der Waals surface area contributed by atoms with E-state index < -0.39 is 11.0 Å². The molecule has 37 heavy (non-hydrogen) atoms. The number of halogens is 1. The summed E-state index contributed by atoms with van der Waals surface area (Å²) in [5, 5.41) is 0.814. The molecule has 2 aromatic carbocycles. The number of hydrogen-bond donors (Lipinski definition) is 1. The van der Waals surface area contributed by atoms with Crippen molar-refractivity contribution in [3.05, 3.63) is 52.5 Å². The number of rotatable bonds is 5. The fourth-order valence-electron chi connectivity index (χ4n) is 6.16. The van der Waals surface area contributed by atoms with Crippen LogP contribution in [0.3, 0.4) is 0 Å². The van der Waals surface area contributed by atoms with E-state index >= 15 is 0 Å². The molecule has 1 spiro atoms. The molecule has 0 aromatic heterocycles. The van der Waals surface area contributed by atoms with Gasteiger partial charge >= 0.3 is 0 Å². The average molecular weight is 544 g/mol. The molecule has 1 saturated heterocycles. The lowest BCUT2D eigenvalue weighted by molar-refractivity contribution is -0.117. The summed E-state index contributed by atoms with van der Waals surface area (Å²) in [5.41, 5.74) is 3.80. The van der Waals surface area contributed by atoms with E-state index in [1.54, 1.807) is 11.9 Å². The Kier molecular flexibility index (Phi) is 8.42. The van der Waals surface area contributed by atoms with Gasteiger partial charge in [0.1, 0.15) is 16.7 Å². The molecule has 6 nitrogen and oxygen atoms in total. The Morgan fingerprint density at radius 1 is 1.14 bits per heavy atom. The van der Waals surface area contributed by atoms with E-state index in [1.165, 1.54) is 43.2 Å². The van der Waals surface area contributed by atoms with Crippen LogP contribution in [-0.4, -0.2) is 55.4 Å². The van der Waals surface area contributed by atoms with Gasteiger partial charge in [-0.1, -0.05) is 24.1 Å². The Labute approximate surface area is 228 Å². The standard InChI is InChI=1S/C24H29ClN2O2S.C5H9NO/c1-26-30(28)20-8-10-23-22(13-20)27(14-17-4-2-5-17)15-24(16-29-23)11-3-6-18-12-19(25)7-9-21(18)24;7-5-6-3-1-2-4-6/h7-10,12-13,17,26H,2-6,11,14-16H2,1H3;5H,1-4H2. The van der Waals surface area contributed by atoms with Gasteiger partial charge in [-0.05, 0) is 99.4 Å². The summed E-state index contributed by atoms with van der Waals surface area (Å²) in [6.45, 7) is 4.59. The van der Waals surface area contributed by atoms with Crippen molar-refractivity contribution >= 4 is 34.7 Å². The molecule has 2 fully saturated rings. The van der Waals surface area contributed by atoms with Gasteiger partial charge in [-0.15, -0.1) is 0 Å². The molecular formula is C29H38ClN3O3S. The van der Waals surface area contributed by atoms with Gasteiger partial charge in [-0.2, -0.15) is 0 Å². The maximum Gasteiger partial charge on any atom is 0.209 e. The monoisotopic (exact) mass is 543 g/mol. The summed E-state index contributed by atoms with van der Waals surface area (Å²) < 4.78 is 21.7. The third-order valence-electron chi connectivity index (χ3n) is 8.40. The third kappa shape index (κ3) is 5.84. The lowest BCUT2D eigenvalue weighted by atomic mass is 9.70. The van der Waals surface area contributed by atoms with Gasteiger partial charge in [0, 0.05) is 36.6 Å². The third-order valence-corrected chi connectivity index (χ3v) is 9.69. The first-order chi connectivity index (χ1) is 18.0. The van der Waals surface area contributed by atoms with Crippen LogP contribution in [0, 0.1) is 5.92 Å². The lowest BCUT2D eigenvalue weighted by Gasteiger charge is -2.42. The van der Waals surface area contributed by atoms with E-state index in [-0.39, 0.29) is 5.41 Å². The van der Waals surface area contributed by atoms with Gasteiger partial charge < -0.3 is 14.5 Å². The maximum absolute atomic E-state index is 12.4. The van der Waals surface area contributed by atoms with Gasteiger partial charge in [-0.25, -0.2) is 8.93 Å². The fourth-order valence-corrected chi connectivity index (χ4v) is 7.00. The highest BCUT2D eigenvalue weighted by Gasteiger charge is 2.42. The number of benzene rings is 2. The molecule has 2 aromatic rings.